The molecule has 1 aromatic heterocycles. The van der Waals surface area contributed by atoms with Gasteiger partial charge in [-0.25, -0.2) is 4.39 Å². The van der Waals surface area contributed by atoms with Gasteiger partial charge in [0, 0.05) is 11.8 Å². The lowest BCUT2D eigenvalue weighted by molar-refractivity contribution is 0.0844. The first-order chi connectivity index (χ1) is 9.16. The second kappa shape index (κ2) is 5.72. The highest BCUT2D eigenvalue weighted by molar-refractivity contribution is 5.98. The highest BCUT2D eigenvalue weighted by Crippen LogP contribution is 2.02. The molecule has 19 heavy (non-hydrogen) atoms. The lowest BCUT2D eigenvalue weighted by atomic mass is 10.2. The van der Waals surface area contributed by atoms with E-state index in [1.165, 1.54) is 24.4 Å². The number of hydrazine groups is 1. The Morgan fingerprint density at radius 2 is 1.63 bits per heavy atom. The van der Waals surface area contributed by atoms with Crippen LogP contribution >= 0.6 is 0 Å². The van der Waals surface area contributed by atoms with Gasteiger partial charge in [-0.3, -0.25) is 25.4 Å². The Bertz CT molecular complexity index is 585. The summed E-state index contributed by atoms with van der Waals surface area (Å²) in [5.74, 6) is -1.51. The SMILES string of the molecule is O=C(NNC(=O)c1ccccn1)c1ccc(F)cc1. The Morgan fingerprint density at radius 1 is 0.947 bits per heavy atom. The number of amides is 2. The van der Waals surface area contributed by atoms with E-state index in [0.29, 0.717) is 0 Å². The van der Waals surface area contributed by atoms with E-state index >= 15 is 0 Å². The molecule has 2 N–H and O–H groups in total. The van der Waals surface area contributed by atoms with Crippen LogP contribution in [0, 0.1) is 5.82 Å². The van der Waals surface area contributed by atoms with Gasteiger partial charge in [0.15, 0.2) is 0 Å². The van der Waals surface area contributed by atoms with E-state index in [-0.39, 0.29) is 11.3 Å². The molecule has 0 unspecified atom stereocenters. The van der Waals surface area contributed by atoms with Crippen molar-refractivity contribution in [3.63, 3.8) is 0 Å². The lowest BCUT2D eigenvalue weighted by Crippen LogP contribution is -2.41. The van der Waals surface area contributed by atoms with Crippen molar-refractivity contribution >= 4 is 11.8 Å². The molecule has 0 aliphatic carbocycles. The van der Waals surface area contributed by atoms with Crippen LogP contribution in [0.4, 0.5) is 4.39 Å². The summed E-state index contributed by atoms with van der Waals surface area (Å²) in [5, 5.41) is 0. The van der Waals surface area contributed by atoms with E-state index in [4.69, 9.17) is 0 Å². The maximum absolute atomic E-state index is 12.7. The van der Waals surface area contributed by atoms with Crippen LogP contribution in [0.25, 0.3) is 0 Å². The largest absolute Gasteiger partial charge is 0.288 e. The normalized spacial score (nSPS) is 9.74. The number of aromatic nitrogens is 1. The van der Waals surface area contributed by atoms with Gasteiger partial charge < -0.3 is 0 Å². The lowest BCUT2D eigenvalue weighted by Gasteiger charge is -2.06. The highest BCUT2D eigenvalue weighted by Gasteiger charge is 2.09. The molecular formula is C13H10FN3O2. The molecule has 1 heterocycles. The fourth-order valence-electron chi connectivity index (χ4n) is 1.35. The third-order valence-electron chi connectivity index (χ3n) is 2.29. The Hall–Kier alpha value is -2.76. The number of benzene rings is 1. The van der Waals surface area contributed by atoms with Gasteiger partial charge in [-0.1, -0.05) is 6.07 Å². The molecule has 2 amide bonds. The Kier molecular flexibility index (Phi) is 3.82. The van der Waals surface area contributed by atoms with Gasteiger partial charge in [0.2, 0.25) is 0 Å². The zero-order valence-corrected chi connectivity index (χ0v) is 9.76. The fraction of sp³-hybridized carbons (Fsp3) is 0. The summed E-state index contributed by atoms with van der Waals surface area (Å²) in [6.45, 7) is 0. The number of rotatable bonds is 2. The first-order valence-electron chi connectivity index (χ1n) is 5.44. The van der Waals surface area contributed by atoms with Gasteiger partial charge in [-0.2, -0.15) is 0 Å². The van der Waals surface area contributed by atoms with Crippen molar-refractivity contribution in [2.45, 2.75) is 0 Å². The van der Waals surface area contributed by atoms with Gasteiger partial charge >= 0.3 is 0 Å². The number of carbonyl (C=O) groups excluding carboxylic acids is 2. The summed E-state index contributed by atoms with van der Waals surface area (Å²) in [6, 6.07) is 9.80. The van der Waals surface area contributed by atoms with Crippen LogP contribution in [0.15, 0.2) is 48.7 Å². The molecule has 96 valence electrons. The van der Waals surface area contributed by atoms with Crippen LogP contribution in [-0.2, 0) is 0 Å². The quantitative estimate of drug-likeness (QED) is 0.798. The molecule has 1 aromatic carbocycles. The fourth-order valence-corrected chi connectivity index (χ4v) is 1.35. The van der Waals surface area contributed by atoms with Crippen molar-refractivity contribution in [1.82, 2.24) is 15.8 Å². The van der Waals surface area contributed by atoms with Gasteiger partial charge in [0.25, 0.3) is 11.8 Å². The molecule has 2 aromatic rings. The zero-order valence-electron chi connectivity index (χ0n) is 9.76. The van der Waals surface area contributed by atoms with Crippen LogP contribution in [0.1, 0.15) is 20.8 Å². The van der Waals surface area contributed by atoms with E-state index in [0.717, 1.165) is 12.1 Å². The van der Waals surface area contributed by atoms with Crippen LogP contribution in [0.5, 0.6) is 0 Å². The van der Waals surface area contributed by atoms with Crippen molar-refractivity contribution in [1.29, 1.82) is 0 Å². The van der Waals surface area contributed by atoms with Crippen LogP contribution < -0.4 is 10.9 Å². The number of hydrogen-bond acceptors (Lipinski definition) is 3. The summed E-state index contributed by atoms with van der Waals surface area (Å²) in [5.41, 5.74) is 4.85. The van der Waals surface area contributed by atoms with Crippen LogP contribution in [0.3, 0.4) is 0 Å². The number of hydrogen-bond donors (Lipinski definition) is 2. The smallest absolute Gasteiger partial charge is 0.267 e. The minimum atomic E-state index is -0.538. The van der Waals surface area contributed by atoms with E-state index in [1.54, 1.807) is 12.1 Å². The molecule has 0 saturated heterocycles. The number of halogens is 1. The molecule has 0 bridgehead atoms. The molecule has 0 radical (unpaired) electrons. The molecule has 0 aliphatic heterocycles. The Morgan fingerprint density at radius 3 is 2.26 bits per heavy atom. The predicted molar refractivity (Wildman–Crippen MR) is 65.6 cm³/mol. The molecule has 6 heteroatoms. The van der Waals surface area contributed by atoms with Crippen LogP contribution in [-0.4, -0.2) is 16.8 Å². The first kappa shape index (κ1) is 12.7. The maximum atomic E-state index is 12.7. The standard InChI is InChI=1S/C13H10FN3O2/c14-10-6-4-9(5-7-10)12(18)16-17-13(19)11-3-1-2-8-15-11/h1-8H,(H,16,18)(H,17,19). The third-order valence-corrected chi connectivity index (χ3v) is 2.29. The molecule has 0 spiro atoms. The van der Waals surface area contributed by atoms with Gasteiger partial charge in [-0.05, 0) is 36.4 Å². The predicted octanol–water partition coefficient (Wildman–Crippen LogP) is 1.30. The van der Waals surface area contributed by atoms with Crippen molar-refractivity contribution in [3.8, 4) is 0 Å². The molecule has 2 rings (SSSR count). The zero-order chi connectivity index (χ0) is 13.7. The average Bonchev–Trinajstić information content (AvgIpc) is 2.46. The summed E-state index contributed by atoms with van der Waals surface area (Å²) in [6.07, 6.45) is 1.47. The molecule has 0 aliphatic rings. The van der Waals surface area contributed by atoms with Crippen molar-refractivity contribution in [3.05, 3.63) is 65.7 Å². The van der Waals surface area contributed by atoms with E-state index < -0.39 is 17.6 Å². The number of nitrogens with zero attached hydrogens (tertiary/aromatic N) is 1. The topological polar surface area (TPSA) is 71.1 Å². The van der Waals surface area contributed by atoms with Crippen molar-refractivity contribution in [2.24, 2.45) is 0 Å². The minimum Gasteiger partial charge on any atom is -0.267 e. The third kappa shape index (κ3) is 3.35. The van der Waals surface area contributed by atoms with Crippen LogP contribution in [0.2, 0.25) is 0 Å². The maximum Gasteiger partial charge on any atom is 0.288 e. The average molecular weight is 259 g/mol. The second-order valence-electron chi connectivity index (χ2n) is 3.63. The summed E-state index contributed by atoms with van der Waals surface area (Å²) in [4.78, 5) is 27.0. The number of nitrogens with one attached hydrogen (secondary N) is 2. The highest BCUT2D eigenvalue weighted by atomic mass is 19.1. The summed E-state index contributed by atoms with van der Waals surface area (Å²) >= 11 is 0. The number of pyridine rings is 1. The second-order valence-corrected chi connectivity index (χ2v) is 3.63. The summed E-state index contributed by atoms with van der Waals surface area (Å²) < 4.78 is 12.7. The molecular weight excluding hydrogens is 249 g/mol. The van der Waals surface area contributed by atoms with E-state index in [2.05, 4.69) is 15.8 Å². The van der Waals surface area contributed by atoms with E-state index in [9.17, 15) is 14.0 Å². The molecule has 5 nitrogen and oxygen atoms in total. The molecule has 0 atom stereocenters. The van der Waals surface area contributed by atoms with Gasteiger partial charge in [0.1, 0.15) is 11.5 Å². The van der Waals surface area contributed by atoms with Crippen molar-refractivity contribution < 1.29 is 14.0 Å². The number of carbonyl (C=O) groups is 2. The van der Waals surface area contributed by atoms with E-state index in [1.807, 2.05) is 0 Å². The van der Waals surface area contributed by atoms with Gasteiger partial charge in [-0.15, -0.1) is 0 Å². The monoisotopic (exact) mass is 259 g/mol. The molecule has 0 saturated carbocycles. The molecule has 0 fully saturated rings. The Balaban J connectivity index is 1.94. The Labute approximate surface area is 108 Å². The minimum absolute atomic E-state index is 0.182. The van der Waals surface area contributed by atoms with Crippen molar-refractivity contribution in [2.75, 3.05) is 0 Å². The first-order valence-corrected chi connectivity index (χ1v) is 5.44. The van der Waals surface area contributed by atoms with Gasteiger partial charge in [0.05, 0.1) is 0 Å². The summed E-state index contributed by atoms with van der Waals surface area (Å²) in [7, 11) is 0.